The number of hydrogen-bond donors (Lipinski definition) is 3. The Morgan fingerprint density at radius 3 is 2.45 bits per heavy atom. The van der Waals surface area contributed by atoms with Crippen LogP contribution in [0.2, 0.25) is 0 Å². The average Bonchev–Trinajstić information content (AvgIpc) is 3.26. The van der Waals surface area contributed by atoms with Crippen molar-refractivity contribution < 1.29 is 19.8 Å². The number of aromatic nitrogens is 1. The quantitative estimate of drug-likeness (QED) is 0.466. The Labute approximate surface area is 177 Å². The highest BCUT2D eigenvalue weighted by atomic mass is 16.3. The number of amides is 2. The van der Waals surface area contributed by atoms with Crippen molar-refractivity contribution in [3.05, 3.63) is 77.9 Å². The van der Waals surface area contributed by atoms with E-state index in [4.69, 9.17) is 0 Å². The first kappa shape index (κ1) is 18.7. The molecule has 2 heterocycles. The molecule has 7 heteroatoms. The average molecular weight is 413 g/mol. The molecule has 0 fully saturated rings. The van der Waals surface area contributed by atoms with Crippen LogP contribution in [0.3, 0.4) is 0 Å². The summed E-state index contributed by atoms with van der Waals surface area (Å²) >= 11 is 0. The maximum Gasteiger partial charge on any atom is 0.258 e. The third kappa shape index (κ3) is 2.82. The summed E-state index contributed by atoms with van der Waals surface area (Å²) in [6.45, 7) is 2.50. The Kier molecular flexibility index (Phi) is 4.18. The number of rotatable bonds is 4. The molecule has 5 rings (SSSR count). The minimum atomic E-state index is -0.342. The van der Waals surface area contributed by atoms with Crippen molar-refractivity contribution >= 4 is 34.0 Å². The standard InChI is InChI=1S/C24H19N3O4/c1-2-26-19-10-9-18(16-7-4-8-17(22(16)19)24(26)31)25-23(30)14-5-3-6-15(13-14)27-20(28)11-12-21(27)29/h3-13,28-29H,2H2,1H3,(H,25,30). The van der Waals surface area contributed by atoms with E-state index in [1.165, 1.54) is 16.7 Å². The second-order valence-electron chi connectivity index (χ2n) is 7.30. The van der Waals surface area contributed by atoms with E-state index in [-0.39, 0.29) is 23.6 Å². The molecule has 1 aliphatic heterocycles. The normalized spacial score (nSPS) is 12.5. The molecule has 31 heavy (non-hydrogen) atoms. The van der Waals surface area contributed by atoms with Crippen molar-refractivity contribution in [2.24, 2.45) is 0 Å². The molecule has 0 bridgehead atoms. The second kappa shape index (κ2) is 6.91. The number of carbonyl (C=O) groups excluding carboxylic acids is 2. The maximum absolute atomic E-state index is 13.0. The Morgan fingerprint density at radius 2 is 1.71 bits per heavy atom. The zero-order chi connectivity index (χ0) is 21.7. The maximum atomic E-state index is 13.0. The van der Waals surface area contributed by atoms with Gasteiger partial charge in [-0.25, -0.2) is 0 Å². The molecule has 0 spiro atoms. The van der Waals surface area contributed by atoms with Crippen molar-refractivity contribution in [2.75, 3.05) is 16.8 Å². The molecule has 0 atom stereocenters. The summed E-state index contributed by atoms with van der Waals surface area (Å²) < 4.78 is 1.24. The first-order valence-corrected chi connectivity index (χ1v) is 9.88. The van der Waals surface area contributed by atoms with Crippen molar-refractivity contribution in [3.8, 4) is 17.4 Å². The predicted octanol–water partition coefficient (Wildman–Crippen LogP) is 4.27. The van der Waals surface area contributed by atoms with Gasteiger partial charge in [-0.1, -0.05) is 18.2 Å². The molecule has 0 saturated heterocycles. The molecule has 7 nitrogen and oxygen atoms in total. The molecule has 3 N–H and O–H groups in total. The van der Waals surface area contributed by atoms with Gasteiger partial charge in [-0.05, 0) is 43.3 Å². The van der Waals surface area contributed by atoms with Crippen LogP contribution in [0.15, 0.2) is 66.7 Å². The minimum absolute atomic E-state index is 0.0365. The van der Waals surface area contributed by atoms with Gasteiger partial charge in [-0.2, -0.15) is 0 Å². The Morgan fingerprint density at radius 1 is 0.968 bits per heavy atom. The third-order valence-corrected chi connectivity index (χ3v) is 5.56. The molecule has 4 aromatic rings. The first-order chi connectivity index (χ1) is 15.0. The second-order valence-corrected chi connectivity index (χ2v) is 7.30. The molecule has 0 unspecified atom stereocenters. The van der Waals surface area contributed by atoms with Gasteiger partial charge in [0.25, 0.3) is 11.8 Å². The van der Waals surface area contributed by atoms with E-state index in [1.807, 2.05) is 25.1 Å². The van der Waals surface area contributed by atoms with Crippen LogP contribution in [0.4, 0.5) is 11.4 Å². The molecule has 154 valence electrons. The Balaban J connectivity index is 1.52. The molecular formula is C24H19N3O4. The van der Waals surface area contributed by atoms with Crippen LogP contribution in [0.25, 0.3) is 16.5 Å². The largest absolute Gasteiger partial charge is 0.494 e. The van der Waals surface area contributed by atoms with E-state index < -0.39 is 0 Å². The number of nitrogens with one attached hydrogen (secondary N) is 1. The van der Waals surface area contributed by atoms with Gasteiger partial charge in [-0.3, -0.25) is 14.2 Å². The fourth-order valence-corrected chi connectivity index (χ4v) is 4.13. The number of carbonyl (C=O) groups is 2. The summed E-state index contributed by atoms with van der Waals surface area (Å²) in [6, 6.07) is 18.5. The highest BCUT2D eigenvalue weighted by molar-refractivity contribution is 6.27. The van der Waals surface area contributed by atoms with E-state index in [1.54, 1.807) is 41.3 Å². The topological polar surface area (TPSA) is 94.8 Å². The monoisotopic (exact) mass is 413 g/mol. The number of anilines is 2. The summed E-state index contributed by atoms with van der Waals surface area (Å²) in [7, 11) is 0. The highest BCUT2D eigenvalue weighted by Gasteiger charge is 2.29. The predicted molar refractivity (Wildman–Crippen MR) is 118 cm³/mol. The minimum Gasteiger partial charge on any atom is -0.494 e. The summed E-state index contributed by atoms with van der Waals surface area (Å²) in [5.41, 5.74) is 2.90. The molecule has 3 aromatic carbocycles. The van der Waals surface area contributed by atoms with Crippen LogP contribution in [-0.2, 0) is 0 Å². The molecule has 0 saturated carbocycles. The first-order valence-electron chi connectivity index (χ1n) is 9.88. The fraction of sp³-hybridized carbons (Fsp3) is 0.0833. The van der Waals surface area contributed by atoms with Crippen LogP contribution >= 0.6 is 0 Å². The van der Waals surface area contributed by atoms with Crippen LogP contribution < -0.4 is 10.2 Å². The van der Waals surface area contributed by atoms with Gasteiger partial charge in [0, 0.05) is 46.3 Å². The molecule has 0 aliphatic carbocycles. The molecule has 1 aromatic heterocycles. The molecular weight excluding hydrogens is 394 g/mol. The molecule has 2 amide bonds. The lowest BCUT2D eigenvalue weighted by Crippen LogP contribution is -2.25. The van der Waals surface area contributed by atoms with Gasteiger partial charge in [0.1, 0.15) is 0 Å². The third-order valence-electron chi connectivity index (χ3n) is 5.56. The highest BCUT2D eigenvalue weighted by Crippen LogP contribution is 2.40. The Bertz CT molecular complexity index is 1350. The van der Waals surface area contributed by atoms with Crippen molar-refractivity contribution in [1.82, 2.24) is 4.57 Å². The van der Waals surface area contributed by atoms with Crippen LogP contribution in [0.1, 0.15) is 27.6 Å². The van der Waals surface area contributed by atoms with E-state index in [0.717, 1.165) is 16.5 Å². The summed E-state index contributed by atoms with van der Waals surface area (Å²) in [5.74, 6) is -0.642. The number of nitrogens with zero attached hydrogens (tertiary/aromatic N) is 2. The lowest BCUT2D eigenvalue weighted by molar-refractivity contribution is 0.0992. The SMILES string of the molecule is CCN1C(=O)c2cccc3c(NC(=O)c4cccc(-n5c(O)ccc5O)c4)ccc1c23. The van der Waals surface area contributed by atoms with Gasteiger partial charge in [0.15, 0.2) is 11.8 Å². The van der Waals surface area contributed by atoms with Crippen molar-refractivity contribution in [1.29, 1.82) is 0 Å². The van der Waals surface area contributed by atoms with Gasteiger partial charge in [0.2, 0.25) is 0 Å². The number of aromatic hydroxyl groups is 2. The van der Waals surface area contributed by atoms with Gasteiger partial charge >= 0.3 is 0 Å². The van der Waals surface area contributed by atoms with Crippen molar-refractivity contribution in [2.45, 2.75) is 6.92 Å². The van der Waals surface area contributed by atoms with Crippen molar-refractivity contribution in [3.63, 3.8) is 0 Å². The zero-order valence-electron chi connectivity index (χ0n) is 16.7. The smallest absolute Gasteiger partial charge is 0.258 e. The van der Waals surface area contributed by atoms with E-state index in [9.17, 15) is 19.8 Å². The molecule has 0 radical (unpaired) electrons. The lowest BCUT2D eigenvalue weighted by atomic mass is 10.0. The van der Waals surface area contributed by atoms with E-state index >= 15 is 0 Å². The van der Waals surface area contributed by atoms with Crippen LogP contribution in [0, 0.1) is 0 Å². The Hall–Kier alpha value is -4.26. The van der Waals surface area contributed by atoms with Crippen LogP contribution in [-0.4, -0.2) is 33.1 Å². The summed E-state index contributed by atoms with van der Waals surface area (Å²) in [4.78, 5) is 27.4. The number of hydrogen-bond acceptors (Lipinski definition) is 4. The zero-order valence-corrected chi connectivity index (χ0v) is 16.7. The number of benzene rings is 3. The summed E-state index contributed by atoms with van der Waals surface area (Å²) in [5, 5.41) is 24.5. The molecule has 1 aliphatic rings. The van der Waals surface area contributed by atoms with E-state index in [0.29, 0.717) is 29.0 Å². The van der Waals surface area contributed by atoms with Gasteiger partial charge < -0.3 is 20.4 Å². The van der Waals surface area contributed by atoms with E-state index in [2.05, 4.69) is 5.32 Å². The fourth-order valence-electron chi connectivity index (χ4n) is 4.13. The lowest BCUT2D eigenvalue weighted by Gasteiger charge is -2.16. The van der Waals surface area contributed by atoms with Crippen LogP contribution in [0.5, 0.6) is 11.8 Å². The van der Waals surface area contributed by atoms with Gasteiger partial charge in [-0.15, -0.1) is 0 Å². The van der Waals surface area contributed by atoms with Gasteiger partial charge in [0.05, 0.1) is 11.4 Å². The summed E-state index contributed by atoms with van der Waals surface area (Å²) in [6.07, 6.45) is 0.